The molecule has 20 heavy (non-hydrogen) atoms. The van der Waals surface area contributed by atoms with Gasteiger partial charge in [-0.25, -0.2) is 4.98 Å². The van der Waals surface area contributed by atoms with E-state index < -0.39 is 5.91 Å². The van der Waals surface area contributed by atoms with Crippen molar-refractivity contribution in [1.82, 2.24) is 4.98 Å². The van der Waals surface area contributed by atoms with Crippen LogP contribution in [0.25, 0.3) is 0 Å². The average molecular weight is 292 g/mol. The number of nitrogens with one attached hydrogen (secondary N) is 1. The third-order valence-corrected chi connectivity index (χ3v) is 2.82. The zero-order valence-electron chi connectivity index (χ0n) is 10.9. The summed E-state index contributed by atoms with van der Waals surface area (Å²) in [4.78, 5) is 16.1. The second kappa shape index (κ2) is 6.25. The van der Waals surface area contributed by atoms with Gasteiger partial charge >= 0.3 is 0 Å². The fourth-order valence-electron chi connectivity index (χ4n) is 1.65. The Balaban J connectivity index is 2.26. The number of hydrogen-bond acceptors (Lipinski definition) is 4. The summed E-state index contributed by atoms with van der Waals surface area (Å²) >= 11 is 5.95. The fourth-order valence-corrected chi connectivity index (χ4v) is 1.84. The van der Waals surface area contributed by atoms with E-state index in [1.54, 1.807) is 18.2 Å². The summed E-state index contributed by atoms with van der Waals surface area (Å²) in [5, 5.41) is 2.95. The number of benzene rings is 1. The van der Waals surface area contributed by atoms with Gasteiger partial charge in [0, 0.05) is 0 Å². The first-order valence-corrected chi connectivity index (χ1v) is 6.44. The summed E-state index contributed by atoms with van der Waals surface area (Å²) in [6.45, 7) is 2.37. The highest BCUT2D eigenvalue weighted by atomic mass is 35.5. The molecule has 104 valence electrons. The molecule has 0 bridgehead atoms. The molecular weight excluding hydrogens is 278 g/mol. The van der Waals surface area contributed by atoms with Crippen molar-refractivity contribution in [3.05, 3.63) is 47.1 Å². The maximum atomic E-state index is 12.2. The van der Waals surface area contributed by atoms with E-state index in [9.17, 15) is 4.79 Å². The number of carbonyl (C=O) groups excluding carboxylic acids is 1. The molecule has 1 amide bonds. The minimum Gasteiger partial charge on any atom is -0.492 e. The average Bonchev–Trinajstić information content (AvgIpc) is 2.44. The number of amides is 1. The van der Waals surface area contributed by atoms with Crippen molar-refractivity contribution in [3.63, 3.8) is 0 Å². The Morgan fingerprint density at radius 2 is 2.10 bits per heavy atom. The first-order chi connectivity index (χ1) is 9.61. The van der Waals surface area contributed by atoms with Gasteiger partial charge in [0.2, 0.25) is 0 Å². The van der Waals surface area contributed by atoms with Gasteiger partial charge in [-0.3, -0.25) is 4.79 Å². The minimum absolute atomic E-state index is 0.0815. The molecule has 0 saturated carbocycles. The van der Waals surface area contributed by atoms with Gasteiger partial charge in [0.25, 0.3) is 5.91 Å². The molecule has 2 aromatic rings. The van der Waals surface area contributed by atoms with E-state index in [0.717, 1.165) is 0 Å². The standard InChI is InChI=1S/C14H14ClN3O2/c1-2-20-11-6-4-3-5-10(11)17-14(19)13-9(15)7-8-12(16)18-13/h3-8H,2H2,1H3,(H2,16,18)(H,17,19). The molecule has 1 aromatic heterocycles. The summed E-state index contributed by atoms with van der Waals surface area (Å²) in [5.41, 5.74) is 6.20. The predicted molar refractivity (Wildman–Crippen MR) is 79.2 cm³/mol. The van der Waals surface area contributed by atoms with Gasteiger partial charge in [0.15, 0.2) is 0 Å². The maximum Gasteiger partial charge on any atom is 0.276 e. The zero-order valence-corrected chi connectivity index (χ0v) is 11.6. The largest absolute Gasteiger partial charge is 0.492 e. The van der Waals surface area contributed by atoms with Crippen LogP contribution in [0.3, 0.4) is 0 Å². The smallest absolute Gasteiger partial charge is 0.276 e. The molecule has 0 aliphatic heterocycles. The number of anilines is 2. The summed E-state index contributed by atoms with van der Waals surface area (Å²) < 4.78 is 5.43. The lowest BCUT2D eigenvalue weighted by Crippen LogP contribution is -2.15. The van der Waals surface area contributed by atoms with Crippen molar-refractivity contribution < 1.29 is 9.53 Å². The van der Waals surface area contributed by atoms with E-state index in [4.69, 9.17) is 22.1 Å². The van der Waals surface area contributed by atoms with Crippen molar-refractivity contribution >= 4 is 29.0 Å². The molecule has 6 heteroatoms. The molecule has 0 fully saturated rings. The van der Waals surface area contributed by atoms with Crippen LogP contribution in [0.1, 0.15) is 17.4 Å². The molecule has 0 saturated heterocycles. The fraction of sp³-hybridized carbons (Fsp3) is 0.143. The molecule has 0 unspecified atom stereocenters. The minimum atomic E-state index is -0.436. The number of ether oxygens (including phenoxy) is 1. The number of carbonyl (C=O) groups is 1. The number of nitrogens with two attached hydrogens (primary N) is 1. The Hall–Kier alpha value is -2.27. The molecular formula is C14H14ClN3O2. The lowest BCUT2D eigenvalue weighted by molar-refractivity contribution is 0.102. The molecule has 0 spiro atoms. The van der Waals surface area contributed by atoms with Gasteiger partial charge in [0.05, 0.1) is 17.3 Å². The maximum absolute atomic E-state index is 12.2. The van der Waals surface area contributed by atoms with E-state index in [1.165, 1.54) is 12.1 Å². The molecule has 0 atom stereocenters. The quantitative estimate of drug-likeness (QED) is 0.908. The highest BCUT2D eigenvalue weighted by Gasteiger charge is 2.14. The van der Waals surface area contributed by atoms with Crippen LogP contribution in [-0.2, 0) is 0 Å². The summed E-state index contributed by atoms with van der Waals surface area (Å²) in [7, 11) is 0. The Bertz CT molecular complexity index is 632. The van der Waals surface area contributed by atoms with Crippen LogP contribution in [0.4, 0.5) is 11.5 Å². The van der Waals surface area contributed by atoms with E-state index in [0.29, 0.717) is 18.0 Å². The highest BCUT2D eigenvalue weighted by Crippen LogP contribution is 2.25. The summed E-state index contributed by atoms with van der Waals surface area (Å²) in [6.07, 6.45) is 0. The number of nitrogen functional groups attached to an aromatic ring is 1. The van der Waals surface area contributed by atoms with Crippen LogP contribution in [0.2, 0.25) is 5.02 Å². The lowest BCUT2D eigenvalue weighted by atomic mass is 10.2. The molecule has 0 radical (unpaired) electrons. The van der Waals surface area contributed by atoms with Crippen LogP contribution in [-0.4, -0.2) is 17.5 Å². The van der Waals surface area contributed by atoms with E-state index in [1.807, 2.05) is 13.0 Å². The lowest BCUT2D eigenvalue weighted by Gasteiger charge is -2.11. The summed E-state index contributed by atoms with van der Waals surface area (Å²) in [5.74, 6) is 0.385. The molecule has 2 rings (SSSR count). The molecule has 0 aliphatic rings. The number of hydrogen-bond donors (Lipinski definition) is 2. The van der Waals surface area contributed by atoms with Crippen LogP contribution < -0.4 is 15.8 Å². The molecule has 5 nitrogen and oxygen atoms in total. The van der Waals surface area contributed by atoms with Gasteiger partial charge < -0.3 is 15.8 Å². The van der Waals surface area contributed by atoms with Crippen molar-refractivity contribution in [2.45, 2.75) is 6.92 Å². The topological polar surface area (TPSA) is 77.2 Å². The number of halogens is 1. The van der Waals surface area contributed by atoms with Crippen molar-refractivity contribution in [2.75, 3.05) is 17.7 Å². The van der Waals surface area contributed by atoms with Gasteiger partial charge in [-0.15, -0.1) is 0 Å². The van der Waals surface area contributed by atoms with E-state index in [-0.39, 0.29) is 16.5 Å². The number of aromatic nitrogens is 1. The third-order valence-electron chi connectivity index (χ3n) is 2.52. The monoisotopic (exact) mass is 291 g/mol. The second-order valence-corrected chi connectivity index (χ2v) is 4.36. The van der Waals surface area contributed by atoms with E-state index in [2.05, 4.69) is 10.3 Å². The molecule has 3 N–H and O–H groups in total. The summed E-state index contributed by atoms with van der Waals surface area (Å²) in [6, 6.07) is 10.2. The van der Waals surface area contributed by atoms with Crippen molar-refractivity contribution in [1.29, 1.82) is 0 Å². The van der Waals surface area contributed by atoms with Crippen LogP contribution in [0, 0.1) is 0 Å². The van der Waals surface area contributed by atoms with E-state index >= 15 is 0 Å². The Morgan fingerprint density at radius 3 is 2.85 bits per heavy atom. The number of nitrogens with zero attached hydrogens (tertiary/aromatic N) is 1. The van der Waals surface area contributed by atoms with Gasteiger partial charge in [-0.1, -0.05) is 23.7 Å². The molecule has 1 aromatic carbocycles. The normalized spacial score (nSPS) is 10.1. The molecule has 0 aliphatic carbocycles. The van der Waals surface area contributed by atoms with Crippen LogP contribution in [0.15, 0.2) is 36.4 Å². The zero-order chi connectivity index (χ0) is 14.5. The second-order valence-electron chi connectivity index (χ2n) is 3.95. The Morgan fingerprint density at radius 1 is 1.35 bits per heavy atom. The number of pyridine rings is 1. The Kier molecular flexibility index (Phi) is 4.42. The van der Waals surface area contributed by atoms with Crippen LogP contribution >= 0.6 is 11.6 Å². The van der Waals surface area contributed by atoms with Gasteiger partial charge in [-0.2, -0.15) is 0 Å². The third kappa shape index (κ3) is 3.19. The SMILES string of the molecule is CCOc1ccccc1NC(=O)c1nc(N)ccc1Cl. The first-order valence-electron chi connectivity index (χ1n) is 6.07. The predicted octanol–water partition coefficient (Wildman–Crippen LogP) is 2.97. The molecule has 1 heterocycles. The van der Waals surface area contributed by atoms with Crippen LogP contribution in [0.5, 0.6) is 5.75 Å². The first kappa shape index (κ1) is 14.1. The highest BCUT2D eigenvalue weighted by molar-refractivity contribution is 6.34. The van der Waals surface area contributed by atoms with Gasteiger partial charge in [-0.05, 0) is 31.2 Å². The number of rotatable bonds is 4. The number of para-hydroxylation sites is 2. The van der Waals surface area contributed by atoms with Gasteiger partial charge in [0.1, 0.15) is 17.3 Å². The van der Waals surface area contributed by atoms with Crippen molar-refractivity contribution in [3.8, 4) is 5.75 Å². The van der Waals surface area contributed by atoms with Crippen molar-refractivity contribution in [2.24, 2.45) is 0 Å². The Labute approximate surface area is 121 Å².